The fraction of sp³-hybridized carbons (Fsp3) is 0.327. The van der Waals surface area contributed by atoms with Gasteiger partial charge in [-0.25, -0.2) is 0 Å². The summed E-state index contributed by atoms with van der Waals surface area (Å²) < 4.78 is 24.1. The summed E-state index contributed by atoms with van der Waals surface area (Å²) in [6.07, 6.45) is 11.3. The molecule has 0 amide bonds. The highest BCUT2D eigenvalue weighted by molar-refractivity contribution is 5.76. The van der Waals surface area contributed by atoms with Gasteiger partial charge >= 0.3 is 0 Å². The number of ether oxygens (including phenoxy) is 4. The molecule has 6 aromatic carbocycles. The second kappa shape index (κ2) is 31.8. The van der Waals surface area contributed by atoms with Gasteiger partial charge in [-0.05, 0) is 129 Å². The fourth-order valence-electron chi connectivity index (χ4n) is 6.62. The Kier molecular flexibility index (Phi) is 25.1. The van der Waals surface area contributed by atoms with Crippen LogP contribution in [0.5, 0.6) is 23.0 Å². The Bertz CT molecular complexity index is 2040. The number of hydrogen-bond donors (Lipinski definition) is 3. The zero-order valence-electron chi connectivity index (χ0n) is 36.8. The van der Waals surface area contributed by atoms with Gasteiger partial charge in [-0.15, -0.1) is 0 Å². The molecule has 0 aromatic heterocycles. The monoisotopic (exact) mass is 853 g/mol. The van der Waals surface area contributed by atoms with E-state index in [-0.39, 0.29) is 13.2 Å². The maximum Gasteiger partial charge on any atom is 0.161 e. The van der Waals surface area contributed by atoms with Gasteiger partial charge in [0.1, 0.15) is 6.29 Å². The van der Waals surface area contributed by atoms with Crippen LogP contribution in [0.25, 0.3) is 0 Å². The van der Waals surface area contributed by atoms with Crippen molar-refractivity contribution in [2.75, 3.05) is 46.2 Å². The molecule has 8 nitrogen and oxygen atoms in total. The van der Waals surface area contributed by atoms with Crippen molar-refractivity contribution in [3.63, 3.8) is 0 Å². The SMILES string of the molecule is NCCO.O=Cc1ccc(OCCCc2ccccc2)c(OCCCc2ccccc2)c1.OCCCCc1ccc(OCCCc2ccccc2)c(OCCCc2ccccc2)c1. The Hall–Kier alpha value is -5.93. The van der Waals surface area contributed by atoms with E-state index in [2.05, 4.69) is 97.1 Å². The van der Waals surface area contributed by atoms with Crippen molar-refractivity contribution in [2.45, 2.75) is 70.6 Å². The number of aryl methyl sites for hydroxylation is 5. The van der Waals surface area contributed by atoms with E-state index in [0.29, 0.717) is 50.0 Å². The standard InChI is InChI=1S/C28H34O3.C25H26O3.C2H7NO/c29-20-8-7-15-26-18-19-27(30-21-9-16-24-11-3-1-4-12-24)28(23-26)31-22-10-17-25-13-5-2-6-14-25;26-20-23-15-16-24(27-17-7-13-21-9-3-1-4-10-21)25(19-23)28-18-8-14-22-11-5-2-6-12-22;3-1-2-4/h1-6,11-14,18-19,23,29H,7-10,15-17,20-22H2;1-6,9-12,15-16,19-20H,7-8,13-14,17-18H2;4H,1-3H2. The maximum absolute atomic E-state index is 11.1. The van der Waals surface area contributed by atoms with E-state index in [1.54, 1.807) is 12.1 Å². The van der Waals surface area contributed by atoms with Crippen LogP contribution in [-0.4, -0.2) is 62.7 Å². The third-order valence-corrected chi connectivity index (χ3v) is 9.96. The molecule has 0 fully saturated rings. The highest BCUT2D eigenvalue weighted by atomic mass is 16.5. The molecule has 6 aromatic rings. The summed E-state index contributed by atoms with van der Waals surface area (Å²) in [7, 11) is 0. The number of carbonyl (C=O) groups is 1. The van der Waals surface area contributed by atoms with Gasteiger partial charge in [-0.1, -0.05) is 127 Å². The first-order chi connectivity index (χ1) is 31.1. The van der Waals surface area contributed by atoms with Gasteiger partial charge in [0.25, 0.3) is 0 Å². The zero-order valence-corrected chi connectivity index (χ0v) is 36.8. The lowest BCUT2D eigenvalue weighted by atomic mass is 10.1. The topological polar surface area (TPSA) is 120 Å². The van der Waals surface area contributed by atoms with Gasteiger partial charge in [0.15, 0.2) is 23.0 Å². The number of unbranched alkanes of at least 4 members (excludes halogenated alkanes) is 1. The lowest BCUT2D eigenvalue weighted by Gasteiger charge is -2.15. The summed E-state index contributed by atoms with van der Waals surface area (Å²) in [4.78, 5) is 11.1. The molecule has 4 N–H and O–H groups in total. The number of benzene rings is 6. The molecule has 0 aliphatic heterocycles. The molecule has 0 spiro atoms. The van der Waals surface area contributed by atoms with Crippen LogP contribution >= 0.6 is 0 Å². The minimum absolute atomic E-state index is 0.0972. The quantitative estimate of drug-likeness (QED) is 0.0364. The van der Waals surface area contributed by atoms with Crippen molar-refractivity contribution >= 4 is 6.29 Å². The van der Waals surface area contributed by atoms with Gasteiger partial charge in [-0.2, -0.15) is 0 Å². The molecule has 0 atom stereocenters. The average molecular weight is 854 g/mol. The van der Waals surface area contributed by atoms with Gasteiger partial charge < -0.3 is 34.9 Å². The van der Waals surface area contributed by atoms with E-state index in [0.717, 1.165) is 88.4 Å². The van der Waals surface area contributed by atoms with Crippen molar-refractivity contribution in [3.05, 3.63) is 191 Å². The molecule has 0 radical (unpaired) electrons. The predicted molar refractivity (Wildman–Crippen MR) is 255 cm³/mol. The molecule has 63 heavy (non-hydrogen) atoms. The van der Waals surface area contributed by atoms with Crippen molar-refractivity contribution in [1.29, 1.82) is 0 Å². The van der Waals surface area contributed by atoms with E-state index in [9.17, 15) is 4.79 Å². The van der Waals surface area contributed by atoms with Crippen LogP contribution in [0.4, 0.5) is 0 Å². The van der Waals surface area contributed by atoms with E-state index < -0.39 is 0 Å². The third kappa shape index (κ3) is 21.1. The second-order valence-electron chi connectivity index (χ2n) is 15.0. The zero-order chi connectivity index (χ0) is 44.4. The first-order valence-electron chi connectivity index (χ1n) is 22.4. The van der Waals surface area contributed by atoms with Crippen LogP contribution in [0.2, 0.25) is 0 Å². The molecule has 8 heteroatoms. The number of aliphatic hydroxyl groups is 2. The molecular formula is C55H67NO7. The molecule has 334 valence electrons. The lowest BCUT2D eigenvalue weighted by molar-refractivity contribution is 0.112. The van der Waals surface area contributed by atoms with Crippen molar-refractivity contribution in [2.24, 2.45) is 5.73 Å². The van der Waals surface area contributed by atoms with E-state index in [4.69, 9.17) is 34.9 Å². The molecule has 0 aliphatic carbocycles. The van der Waals surface area contributed by atoms with E-state index in [1.165, 1.54) is 27.8 Å². The summed E-state index contributed by atoms with van der Waals surface area (Å²) in [6.45, 7) is 3.23. The predicted octanol–water partition coefficient (Wildman–Crippen LogP) is 10.5. The number of carbonyl (C=O) groups excluding carboxylic acids is 1. The van der Waals surface area contributed by atoms with Crippen LogP contribution in [0, 0.1) is 0 Å². The lowest BCUT2D eigenvalue weighted by Crippen LogP contribution is -2.05. The normalized spacial score (nSPS) is 10.4. The third-order valence-electron chi connectivity index (χ3n) is 9.96. The largest absolute Gasteiger partial charge is 0.490 e. The summed E-state index contributed by atoms with van der Waals surface area (Å²) in [5.74, 6) is 2.98. The highest BCUT2D eigenvalue weighted by Crippen LogP contribution is 2.30. The minimum Gasteiger partial charge on any atom is -0.490 e. The Morgan fingerprint density at radius 1 is 0.381 bits per heavy atom. The Morgan fingerprint density at radius 2 is 0.730 bits per heavy atom. The molecular weight excluding hydrogens is 787 g/mol. The Labute approximate surface area is 375 Å². The first kappa shape index (κ1) is 49.7. The summed E-state index contributed by atoms with van der Waals surface area (Å²) in [5, 5.41) is 16.8. The number of aldehydes is 1. The van der Waals surface area contributed by atoms with Crippen molar-refractivity contribution < 1.29 is 34.0 Å². The number of hydrogen-bond acceptors (Lipinski definition) is 8. The molecule has 6 rings (SSSR count). The van der Waals surface area contributed by atoms with Gasteiger partial charge in [0.05, 0.1) is 33.0 Å². The maximum atomic E-state index is 11.1. The van der Waals surface area contributed by atoms with E-state index >= 15 is 0 Å². The number of aliphatic hydroxyl groups excluding tert-OH is 2. The molecule has 0 heterocycles. The summed E-state index contributed by atoms with van der Waals surface area (Å²) >= 11 is 0. The van der Waals surface area contributed by atoms with Gasteiger partial charge in [0.2, 0.25) is 0 Å². The van der Waals surface area contributed by atoms with Crippen LogP contribution in [0.1, 0.15) is 76.7 Å². The fourth-order valence-corrected chi connectivity index (χ4v) is 6.62. The van der Waals surface area contributed by atoms with Crippen LogP contribution in [0.3, 0.4) is 0 Å². The Balaban J connectivity index is 0.000000256. The summed E-state index contributed by atoms with van der Waals surface area (Å²) in [5.41, 5.74) is 11.9. The van der Waals surface area contributed by atoms with Crippen LogP contribution in [-0.2, 0) is 32.1 Å². The van der Waals surface area contributed by atoms with Crippen molar-refractivity contribution in [3.8, 4) is 23.0 Å². The minimum atomic E-state index is 0.0972. The van der Waals surface area contributed by atoms with Gasteiger partial charge in [0, 0.05) is 18.7 Å². The average Bonchev–Trinajstić information content (AvgIpc) is 3.34. The molecule has 0 saturated heterocycles. The highest BCUT2D eigenvalue weighted by Gasteiger charge is 2.10. The number of rotatable bonds is 26. The second-order valence-corrected chi connectivity index (χ2v) is 15.0. The molecule has 0 unspecified atom stereocenters. The molecule has 0 bridgehead atoms. The molecule has 0 aliphatic rings. The van der Waals surface area contributed by atoms with E-state index in [1.807, 2.05) is 48.5 Å². The number of nitrogens with two attached hydrogens (primary N) is 1. The van der Waals surface area contributed by atoms with Crippen LogP contribution in [0.15, 0.2) is 158 Å². The smallest absolute Gasteiger partial charge is 0.161 e. The first-order valence-corrected chi connectivity index (χ1v) is 22.4. The summed E-state index contributed by atoms with van der Waals surface area (Å²) in [6, 6.07) is 53.3. The Morgan fingerprint density at radius 3 is 1.10 bits per heavy atom. The van der Waals surface area contributed by atoms with Crippen molar-refractivity contribution in [1.82, 2.24) is 0 Å². The van der Waals surface area contributed by atoms with Gasteiger partial charge in [-0.3, -0.25) is 4.79 Å². The molecule has 0 saturated carbocycles. The van der Waals surface area contributed by atoms with Crippen LogP contribution < -0.4 is 24.7 Å².